The van der Waals surface area contributed by atoms with E-state index in [4.69, 9.17) is 4.74 Å². The summed E-state index contributed by atoms with van der Waals surface area (Å²) in [4.78, 5) is 26.3. The van der Waals surface area contributed by atoms with E-state index in [1.807, 2.05) is 47.4 Å². The van der Waals surface area contributed by atoms with E-state index in [0.29, 0.717) is 17.4 Å². The van der Waals surface area contributed by atoms with Crippen LogP contribution < -0.4 is 0 Å². The molecule has 1 fully saturated rings. The molecule has 2 atom stereocenters. The summed E-state index contributed by atoms with van der Waals surface area (Å²) < 4.78 is 5.23. The third-order valence-electron chi connectivity index (χ3n) is 4.78. The Bertz CT molecular complexity index is 745. The van der Waals surface area contributed by atoms with Crippen molar-refractivity contribution in [2.75, 3.05) is 19.7 Å². The smallest absolute Gasteiger partial charge is 0.338 e. The van der Waals surface area contributed by atoms with E-state index in [0.717, 1.165) is 30.6 Å². The number of hydrogen-bond acceptors (Lipinski definition) is 3. The van der Waals surface area contributed by atoms with E-state index in [2.05, 4.69) is 13.8 Å². The lowest BCUT2D eigenvalue weighted by Crippen LogP contribution is -2.44. The SMILES string of the molecule is C[C@@H]1C[C@@H](C)CN(C(=O)COC(=O)c2ccc(-c3ccccc3)cc2)C1. The van der Waals surface area contributed by atoms with Crippen LogP contribution in [0.1, 0.15) is 30.6 Å². The van der Waals surface area contributed by atoms with E-state index < -0.39 is 5.97 Å². The van der Waals surface area contributed by atoms with Crippen LogP contribution >= 0.6 is 0 Å². The Morgan fingerprint density at radius 3 is 2.12 bits per heavy atom. The number of benzene rings is 2. The summed E-state index contributed by atoms with van der Waals surface area (Å²) in [5.74, 6) is 0.404. The van der Waals surface area contributed by atoms with Gasteiger partial charge in [0.25, 0.3) is 5.91 Å². The van der Waals surface area contributed by atoms with Gasteiger partial charge in [-0.2, -0.15) is 0 Å². The number of amides is 1. The van der Waals surface area contributed by atoms with Crippen molar-refractivity contribution in [3.05, 3.63) is 60.2 Å². The first-order valence-electron chi connectivity index (χ1n) is 9.13. The molecule has 0 radical (unpaired) electrons. The van der Waals surface area contributed by atoms with Gasteiger partial charge in [0, 0.05) is 13.1 Å². The molecule has 1 amide bonds. The summed E-state index contributed by atoms with van der Waals surface area (Å²) in [5, 5.41) is 0. The fraction of sp³-hybridized carbons (Fsp3) is 0.364. The van der Waals surface area contributed by atoms with Crippen LogP contribution in [-0.2, 0) is 9.53 Å². The lowest BCUT2D eigenvalue weighted by Gasteiger charge is -2.34. The van der Waals surface area contributed by atoms with Gasteiger partial charge < -0.3 is 9.64 Å². The van der Waals surface area contributed by atoms with E-state index in [1.165, 1.54) is 0 Å². The second kappa shape index (κ2) is 8.17. The molecule has 1 heterocycles. The van der Waals surface area contributed by atoms with Crippen molar-refractivity contribution >= 4 is 11.9 Å². The fourth-order valence-electron chi connectivity index (χ4n) is 3.60. The van der Waals surface area contributed by atoms with Crippen LogP contribution in [0.5, 0.6) is 0 Å². The van der Waals surface area contributed by atoms with E-state index in [9.17, 15) is 9.59 Å². The lowest BCUT2D eigenvalue weighted by atomic mass is 9.92. The largest absolute Gasteiger partial charge is 0.452 e. The van der Waals surface area contributed by atoms with Crippen LogP contribution in [0.3, 0.4) is 0 Å². The van der Waals surface area contributed by atoms with Crippen molar-refractivity contribution < 1.29 is 14.3 Å². The highest BCUT2D eigenvalue weighted by Crippen LogP contribution is 2.21. The van der Waals surface area contributed by atoms with Gasteiger partial charge in [-0.1, -0.05) is 56.3 Å². The maximum Gasteiger partial charge on any atom is 0.338 e. The molecule has 0 aliphatic carbocycles. The monoisotopic (exact) mass is 351 g/mol. The van der Waals surface area contributed by atoms with E-state index in [-0.39, 0.29) is 12.5 Å². The lowest BCUT2D eigenvalue weighted by molar-refractivity contribution is -0.137. The van der Waals surface area contributed by atoms with Crippen molar-refractivity contribution in [2.45, 2.75) is 20.3 Å². The van der Waals surface area contributed by atoms with Crippen molar-refractivity contribution in [3.63, 3.8) is 0 Å². The molecule has 136 valence electrons. The number of carbonyl (C=O) groups excluding carboxylic acids is 2. The van der Waals surface area contributed by atoms with Gasteiger partial charge in [0.15, 0.2) is 6.61 Å². The summed E-state index contributed by atoms with van der Waals surface area (Å²) in [5.41, 5.74) is 2.59. The molecule has 1 aliphatic heterocycles. The summed E-state index contributed by atoms with van der Waals surface area (Å²) >= 11 is 0. The van der Waals surface area contributed by atoms with Crippen molar-refractivity contribution in [1.82, 2.24) is 4.90 Å². The third kappa shape index (κ3) is 4.51. The van der Waals surface area contributed by atoms with E-state index in [1.54, 1.807) is 12.1 Å². The zero-order chi connectivity index (χ0) is 18.5. The Kier molecular flexibility index (Phi) is 5.71. The van der Waals surface area contributed by atoms with Crippen LogP contribution in [0.4, 0.5) is 0 Å². The fourth-order valence-corrected chi connectivity index (χ4v) is 3.60. The average molecular weight is 351 g/mol. The first-order valence-corrected chi connectivity index (χ1v) is 9.13. The summed E-state index contributed by atoms with van der Waals surface area (Å²) in [6.07, 6.45) is 1.14. The number of nitrogens with zero attached hydrogens (tertiary/aromatic N) is 1. The van der Waals surface area contributed by atoms with Crippen molar-refractivity contribution in [2.24, 2.45) is 11.8 Å². The van der Waals surface area contributed by atoms with Crippen molar-refractivity contribution in [1.29, 1.82) is 0 Å². The second-order valence-corrected chi connectivity index (χ2v) is 7.26. The van der Waals surface area contributed by atoms with Crippen molar-refractivity contribution in [3.8, 4) is 11.1 Å². The zero-order valence-electron chi connectivity index (χ0n) is 15.4. The second-order valence-electron chi connectivity index (χ2n) is 7.26. The highest BCUT2D eigenvalue weighted by atomic mass is 16.5. The molecule has 0 N–H and O–H groups in total. The quantitative estimate of drug-likeness (QED) is 0.782. The maximum atomic E-state index is 12.3. The van der Waals surface area contributed by atoms with Gasteiger partial charge in [-0.3, -0.25) is 4.79 Å². The van der Waals surface area contributed by atoms with Crippen LogP contribution in [0.25, 0.3) is 11.1 Å². The highest BCUT2D eigenvalue weighted by Gasteiger charge is 2.26. The predicted octanol–water partition coefficient (Wildman–Crippen LogP) is 4.01. The van der Waals surface area contributed by atoms with Gasteiger partial charge in [-0.05, 0) is 41.5 Å². The van der Waals surface area contributed by atoms with Crippen LogP contribution in [0.15, 0.2) is 54.6 Å². The number of piperidine rings is 1. The Labute approximate surface area is 154 Å². The molecule has 0 spiro atoms. The van der Waals surface area contributed by atoms with Crippen LogP contribution in [-0.4, -0.2) is 36.5 Å². The number of esters is 1. The molecular formula is C22H25NO3. The minimum absolute atomic E-state index is 0.113. The summed E-state index contributed by atoms with van der Waals surface area (Å²) in [6, 6.07) is 17.2. The van der Waals surface area contributed by atoms with Gasteiger partial charge >= 0.3 is 5.97 Å². The Morgan fingerprint density at radius 2 is 1.50 bits per heavy atom. The molecule has 3 rings (SSSR count). The van der Waals surface area contributed by atoms with Gasteiger partial charge in [0.1, 0.15) is 0 Å². The van der Waals surface area contributed by atoms with Gasteiger partial charge in [0.2, 0.25) is 0 Å². The van der Waals surface area contributed by atoms with Gasteiger partial charge in [0.05, 0.1) is 5.56 Å². The molecule has 2 aromatic rings. The molecule has 4 heteroatoms. The minimum Gasteiger partial charge on any atom is -0.452 e. The molecule has 0 unspecified atom stereocenters. The number of rotatable bonds is 4. The third-order valence-corrected chi connectivity index (χ3v) is 4.78. The van der Waals surface area contributed by atoms with Crippen LogP contribution in [0.2, 0.25) is 0 Å². The highest BCUT2D eigenvalue weighted by molar-refractivity contribution is 5.91. The molecule has 0 aromatic heterocycles. The Morgan fingerprint density at radius 1 is 0.923 bits per heavy atom. The molecule has 4 nitrogen and oxygen atoms in total. The first-order chi connectivity index (χ1) is 12.5. The number of likely N-dealkylation sites (tertiary alicyclic amines) is 1. The number of ether oxygens (including phenoxy) is 1. The molecule has 26 heavy (non-hydrogen) atoms. The molecule has 2 aromatic carbocycles. The number of hydrogen-bond donors (Lipinski definition) is 0. The first kappa shape index (κ1) is 18.2. The van der Waals surface area contributed by atoms with E-state index >= 15 is 0 Å². The zero-order valence-corrected chi connectivity index (χ0v) is 15.4. The van der Waals surface area contributed by atoms with Gasteiger partial charge in [-0.15, -0.1) is 0 Å². The number of carbonyl (C=O) groups is 2. The molecule has 1 aliphatic rings. The van der Waals surface area contributed by atoms with Crippen LogP contribution in [0, 0.1) is 11.8 Å². The predicted molar refractivity (Wildman–Crippen MR) is 102 cm³/mol. The minimum atomic E-state index is -0.462. The normalized spacial score (nSPS) is 19.8. The molecule has 1 saturated heterocycles. The Balaban J connectivity index is 1.56. The van der Waals surface area contributed by atoms with Gasteiger partial charge in [-0.25, -0.2) is 4.79 Å². The maximum absolute atomic E-state index is 12.3. The average Bonchev–Trinajstić information content (AvgIpc) is 2.66. The summed E-state index contributed by atoms with van der Waals surface area (Å²) in [7, 11) is 0. The molecule has 0 bridgehead atoms. The standard InChI is InChI=1S/C22H25NO3/c1-16-12-17(2)14-23(13-16)21(24)15-26-22(25)20-10-8-19(9-11-20)18-6-4-3-5-7-18/h3-11,16-17H,12-15H2,1-2H3/t16-,17-/m1/s1. The topological polar surface area (TPSA) is 46.6 Å². The summed E-state index contributed by atoms with van der Waals surface area (Å²) in [6.45, 7) is 5.59. The molecular weight excluding hydrogens is 326 g/mol. The molecule has 0 saturated carbocycles. The Hall–Kier alpha value is -2.62.